The first kappa shape index (κ1) is 29.5. The Morgan fingerprint density at radius 3 is 2.59 bits per heavy atom. The molecule has 0 radical (unpaired) electrons. The quantitative estimate of drug-likeness (QED) is 0.375. The molecular formula is C30H43N3O5S. The number of aliphatic hydroxyl groups excluding tert-OH is 2. The molecule has 214 valence electrons. The van der Waals surface area contributed by atoms with Crippen LogP contribution >= 0.6 is 11.3 Å². The maximum Gasteiger partial charge on any atom is 0.226 e. The number of hydrogen-bond acceptors (Lipinski definition) is 7. The number of rotatable bonds is 8. The Hall–Kier alpha value is -2.49. The molecule has 4 N–H and O–H groups in total. The first-order chi connectivity index (χ1) is 18.3. The first-order valence-electron chi connectivity index (χ1n) is 13.8. The van der Waals surface area contributed by atoms with Gasteiger partial charge in [-0.05, 0) is 42.1 Å². The molecule has 2 amide bonds. The molecule has 2 aliphatic rings. The number of nitrogens with zero attached hydrogens (tertiary/aromatic N) is 1. The van der Waals surface area contributed by atoms with E-state index in [0.29, 0.717) is 30.9 Å². The Bertz CT molecular complexity index is 1210. The van der Waals surface area contributed by atoms with Gasteiger partial charge in [-0.1, -0.05) is 52.8 Å². The highest BCUT2D eigenvalue weighted by Gasteiger charge is 2.59. The van der Waals surface area contributed by atoms with E-state index in [-0.39, 0.29) is 47.5 Å². The fraction of sp³-hybridized carbons (Fsp3) is 0.633. The molecular weight excluding hydrogens is 514 g/mol. The van der Waals surface area contributed by atoms with Crippen molar-refractivity contribution < 1.29 is 24.5 Å². The van der Waals surface area contributed by atoms with Crippen LogP contribution in [0.3, 0.4) is 0 Å². The zero-order chi connectivity index (χ0) is 28.6. The molecule has 1 fully saturated rings. The lowest BCUT2D eigenvalue weighted by atomic mass is 9.47. The van der Waals surface area contributed by atoms with Crippen molar-refractivity contribution in [2.45, 2.75) is 85.3 Å². The second-order valence-electron chi connectivity index (χ2n) is 12.9. The van der Waals surface area contributed by atoms with E-state index in [2.05, 4.69) is 17.6 Å². The largest absolute Gasteiger partial charge is 0.496 e. The van der Waals surface area contributed by atoms with Crippen LogP contribution in [0.1, 0.15) is 82.4 Å². The number of aromatic nitrogens is 1. The van der Waals surface area contributed by atoms with E-state index >= 15 is 0 Å². The van der Waals surface area contributed by atoms with E-state index in [1.165, 1.54) is 11.3 Å². The summed E-state index contributed by atoms with van der Waals surface area (Å²) in [5, 5.41) is 28.0. The average molecular weight is 558 g/mol. The van der Waals surface area contributed by atoms with E-state index in [1.54, 1.807) is 7.11 Å². The summed E-state index contributed by atoms with van der Waals surface area (Å²) in [5.74, 6) is 0.282. The van der Waals surface area contributed by atoms with Gasteiger partial charge in [-0.2, -0.15) is 0 Å². The van der Waals surface area contributed by atoms with Crippen LogP contribution < -0.4 is 15.4 Å². The van der Waals surface area contributed by atoms with Crippen LogP contribution in [0.5, 0.6) is 5.75 Å². The van der Waals surface area contributed by atoms with Crippen LogP contribution in [-0.2, 0) is 22.6 Å². The molecule has 2 aromatic rings. The normalized spacial score (nSPS) is 28.3. The summed E-state index contributed by atoms with van der Waals surface area (Å²) >= 11 is 1.45. The van der Waals surface area contributed by atoms with Crippen molar-refractivity contribution in [3.63, 3.8) is 0 Å². The Morgan fingerprint density at radius 1 is 1.21 bits per heavy atom. The fourth-order valence-corrected chi connectivity index (χ4v) is 7.73. The number of nitrogens with one attached hydrogen (secondary N) is 2. The molecule has 1 aromatic heterocycles. The minimum Gasteiger partial charge on any atom is -0.496 e. The first-order valence-corrected chi connectivity index (χ1v) is 14.6. The summed E-state index contributed by atoms with van der Waals surface area (Å²) in [5.41, 5.74) is 0.551. The van der Waals surface area contributed by atoms with Gasteiger partial charge in [-0.25, -0.2) is 4.98 Å². The number of carbonyl (C=O) groups is 2. The van der Waals surface area contributed by atoms with Crippen LogP contribution in [0.4, 0.5) is 5.13 Å². The minimum absolute atomic E-state index is 0.0446. The molecule has 1 saturated carbocycles. The molecule has 0 spiro atoms. The minimum atomic E-state index is -0.698. The highest BCUT2D eigenvalue weighted by Crippen LogP contribution is 2.62. The topological polar surface area (TPSA) is 121 Å². The Labute approximate surface area is 235 Å². The van der Waals surface area contributed by atoms with Gasteiger partial charge in [0.05, 0.1) is 25.5 Å². The molecule has 9 heteroatoms. The molecule has 4 rings (SSSR count). The molecule has 39 heavy (non-hydrogen) atoms. The third-order valence-electron chi connectivity index (χ3n) is 8.89. The Morgan fingerprint density at radius 2 is 1.92 bits per heavy atom. The van der Waals surface area contributed by atoms with Gasteiger partial charge in [-0.3, -0.25) is 9.59 Å². The number of anilines is 1. The van der Waals surface area contributed by atoms with Crippen LogP contribution in [0.15, 0.2) is 24.3 Å². The van der Waals surface area contributed by atoms with Crippen LogP contribution in [-0.4, -0.2) is 46.8 Å². The number of benzene rings is 1. The second kappa shape index (κ2) is 11.2. The molecule has 1 heterocycles. The average Bonchev–Trinajstić information content (AvgIpc) is 3.27. The summed E-state index contributed by atoms with van der Waals surface area (Å²) in [4.78, 5) is 32.0. The van der Waals surface area contributed by atoms with Crippen molar-refractivity contribution >= 4 is 28.3 Å². The molecule has 0 bridgehead atoms. The van der Waals surface area contributed by atoms with Crippen LogP contribution in [0.25, 0.3) is 0 Å². The molecule has 8 nitrogen and oxygen atoms in total. The van der Waals surface area contributed by atoms with E-state index < -0.39 is 11.5 Å². The molecule has 0 aliphatic heterocycles. The zero-order valence-corrected chi connectivity index (χ0v) is 24.8. The van der Waals surface area contributed by atoms with Crippen molar-refractivity contribution in [2.75, 3.05) is 19.0 Å². The third-order valence-corrected chi connectivity index (χ3v) is 9.90. The van der Waals surface area contributed by atoms with Gasteiger partial charge in [0.25, 0.3) is 0 Å². The van der Waals surface area contributed by atoms with E-state index in [4.69, 9.17) is 9.72 Å². The van der Waals surface area contributed by atoms with Crippen LogP contribution in [0.2, 0.25) is 0 Å². The van der Waals surface area contributed by atoms with Gasteiger partial charge in [-0.15, -0.1) is 11.3 Å². The standard InChI is InChI=1S/C30H43N3O5S/c1-28(2,3)15-25(37)32-27-33-26-19(13-24(36)31-16-18-9-7-8-10-20(18)38-6)29(4)12-11-23(35)30(5,17-34)22(29)14-21(26)39-27/h7-10,19,22-23,34-35H,11-17H2,1-6H3,(H,31,36)(H,32,33,37)/t19-,22+,23-,29+,30+/m1/s1. The molecule has 2 aliphatic carbocycles. The number of amides is 2. The predicted molar refractivity (Wildman–Crippen MR) is 153 cm³/mol. The lowest BCUT2D eigenvalue weighted by Gasteiger charge is -2.58. The van der Waals surface area contributed by atoms with Crippen molar-refractivity contribution in [1.82, 2.24) is 10.3 Å². The Balaban J connectivity index is 1.63. The van der Waals surface area contributed by atoms with Crippen molar-refractivity contribution in [3.05, 3.63) is 40.4 Å². The second-order valence-corrected chi connectivity index (χ2v) is 14.0. The summed E-state index contributed by atoms with van der Waals surface area (Å²) < 4.78 is 5.43. The smallest absolute Gasteiger partial charge is 0.226 e. The monoisotopic (exact) mass is 557 g/mol. The highest BCUT2D eigenvalue weighted by atomic mass is 32.1. The third kappa shape index (κ3) is 6.00. The van der Waals surface area contributed by atoms with Gasteiger partial charge < -0.3 is 25.6 Å². The number of methoxy groups -OCH3 is 1. The Kier molecular flexibility index (Phi) is 8.45. The molecule has 0 saturated heterocycles. The number of ether oxygens (including phenoxy) is 1. The number of thiazole rings is 1. The predicted octanol–water partition coefficient (Wildman–Crippen LogP) is 4.65. The molecule has 5 atom stereocenters. The lowest BCUT2D eigenvalue weighted by Crippen LogP contribution is -2.57. The number of fused-ring (bicyclic) bond motifs is 2. The summed E-state index contributed by atoms with van der Waals surface area (Å²) in [7, 11) is 1.61. The molecule has 1 aromatic carbocycles. The van der Waals surface area contributed by atoms with E-state index in [1.807, 2.05) is 52.0 Å². The lowest BCUT2D eigenvalue weighted by molar-refractivity contribution is -0.144. The maximum absolute atomic E-state index is 13.4. The van der Waals surface area contributed by atoms with Crippen molar-refractivity contribution in [1.29, 1.82) is 0 Å². The van der Waals surface area contributed by atoms with E-state index in [0.717, 1.165) is 28.3 Å². The highest BCUT2D eigenvalue weighted by molar-refractivity contribution is 7.15. The summed E-state index contributed by atoms with van der Waals surface area (Å²) in [6.45, 7) is 10.4. The van der Waals surface area contributed by atoms with Crippen molar-refractivity contribution in [3.8, 4) is 5.75 Å². The van der Waals surface area contributed by atoms with Crippen molar-refractivity contribution in [2.24, 2.45) is 22.2 Å². The van der Waals surface area contributed by atoms with Gasteiger partial charge in [0.1, 0.15) is 5.75 Å². The van der Waals surface area contributed by atoms with Gasteiger partial charge in [0.15, 0.2) is 5.13 Å². The number of hydrogen-bond donors (Lipinski definition) is 4. The molecule has 0 unspecified atom stereocenters. The van der Waals surface area contributed by atoms with Gasteiger partial charge in [0.2, 0.25) is 11.8 Å². The van der Waals surface area contributed by atoms with Gasteiger partial charge >= 0.3 is 0 Å². The van der Waals surface area contributed by atoms with Crippen LogP contribution in [0, 0.1) is 22.2 Å². The summed E-state index contributed by atoms with van der Waals surface area (Å²) in [6, 6.07) is 7.60. The number of aliphatic hydroxyl groups is 2. The van der Waals surface area contributed by atoms with Gasteiger partial charge in [0, 0.05) is 41.2 Å². The summed E-state index contributed by atoms with van der Waals surface area (Å²) in [6.07, 6.45) is 1.90. The zero-order valence-electron chi connectivity index (χ0n) is 24.0. The van der Waals surface area contributed by atoms with E-state index in [9.17, 15) is 19.8 Å². The SMILES string of the molecule is COc1ccccc1CNC(=O)C[C@@H]1c2nc(NC(=O)CC(C)(C)C)sc2C[C@@H]2[C@](C)(CO)[C@H](O)CC[C@]21C. The fourth-order valence-electron chi connectivity index (χ4n) is 6.64. The number of carbonyl (C=O) groups excluding carboxylic acids is 2. The maximum atomic E-state index is 13.4. The number of para-hydroxylation sites is 1.